The highest BCUT2D eigenvalue weighted by atomic mass is 16.1. The maximum atomic E-state index is 10.9. The predicted molar refractivity (Wildman–Crippen MR) is 151 cm³/mol. The van der Waals surface area contributed by atoms with Crippen LogP contribution >= 0.6 is 0 Å². The van der Waals surface area contributed by atoms with Crippen molar-refractivity contribution in [3.8, 4) is 0 Å². The molecule has 0 aliphatic carbocycles. The van der Waals surface area contributed by atoms with Gasteiger partial charge in [0.05, 0.1) is 22.7 Å². The van der Waals surface area contributed by atoms with Gasteiger partial charge in [0.15, 0.2) is 0 Å². The Kier molecular flexibility index (Phi) is 8.80. The van der Waals surface area contributed by atoms with Crippen LogP contribution in [-0.2, 0) is 0 Å². The van der Waals surface area contributed by atoms with Crippen molar-refractivity contribution in [2.75, 3.05) is 23.7 Å². The second-order valence-corrected chi connectivity index (χ2v) is 8.67. The van der Waals surface area contributed by atoms with Crippen LogP contribution in [0.3, 0.4) is 0 Å². The number of anilines is 2. The molecule has 38 heavy (non-hydrogen) atoms. The first-order valence-corrected chi connectivity index (χ1v) is 12.2. The first-order valence-electron chi connectivity index (χ1n) is 12.2. The molecule has 8 nitrogen and oxygen atoms in total. The fraction of sp³-hybridized carbons (Fsp3) is 0.133. The van der Waals surface area contributed by atoms with Crippen LogP contribution in [0.25, 0.3) is 0 Å². The van der Waals surface area contributed by atoms with Crippen LogP contribution in [0.5, 0.6) is 0 Å². The third kappa shape index (κ3) is 7.27. The van der Waals surface area contributed by atoms with Crippen LogP contribution in [0.2, 0.25) is 0 Å². The maximum absolute atomic E-state index is 10.9. The number of hydrogen-bond acceptors (Lipinski definition) is 8. The molecule has 8 heteroatoms. The molecule has 0 atom stereocenters. The van der Waals surface area contributed by atoms with Gasteiger partial charge >= 0.3 is 0 Å². The minimum Gasteiger partial charge on any atom is -0.383 e. The van der Waals surface area contributed by atoms with E-state index in [1.54, 1.807) is 36.4 Å². The number of benzene rings is 4. The molecular formula is C30H28N6O2. The molecule has 190 valence electrons. The third-order valence-corrected chi connectivity index (χ3v) is 5.78. The van der Waals surface area contributed by atoms with Gasteiger partial charge in [0, 0.05) is 35.6 Å². The molecule has 2 N–H and O–H groups in total. The second-order valence-electron chi connectivity index (χ2n) is 8.67. The van der Waals surface area contributed by atoms with Crippen molar-refractivity contribution in [3.63, 3.8) is 0 Å². The van der Waals surface area contributed by atoms with E-state index in [1.165, 1.54) is 0 Å². The Morgan fingerprint density at radius 2 is 0.947 bits per heavy atom. The molecule has 0 saturated carbocycles. The summed E-state index contributed by atoms with van der Waals surface area (Å²) in [6, 6.07) is 26.1. The molecule has 4 aromatic carbocycles. The largest absolute Gasteiger partial charge is 0.383 e. The summed E-state index contributed by atoms with van der Waals surface area (Å²) in [7, 11) is 0. The summed E-state index contributed by atoms with van der Waals surface area (Å²) in [6.07, 6.45) is 1.64. The summed E-state index contributed by atoms with van der Waals surface area (Å²) < 4.78 is 0. The van der Waals surface area contributed by atoms with E-state index in [4.69, 9.17) is 0 Å². The Labute approximate surface area is 221 Å². The van der Waals surface area contributed by atoms with Gasteiger partial charge in [0.1, 0.15) is 12.6 Å². The highest BCUT2D eigenvalue weighted by Crippen LogP contribution is 2.25. The van der Waals surface area contributed by atoms with Gasteiger partial charge in [-0.15, -0.1) is 0 Å². The first-order chi connectivity index (χ1) is 18.5. The monoisotopic (exact) mass is 504 g/mol. The van der Waals surface area contributed by atoms with Crippen LogP contribution < -0.4 is 10.6 Å². The highest BCUT2D eigenvalue weighted by Gasteiger charge is 2.01. The lowest BCUT2D eigenvalue weighted by Gasteiger charge is -2.09. The number of azo groups is 2. The van der Waals surface area contributed by atoms with Crippen molar-refractivity contribution in [3.05, 3.63) is 107 Å². The van der Waals surface area contributed by atoms with Crippen molar-refractivity contribution in [2.24, 2.45) is 20.5 Å². The Hall–Kier alpha value is -4.98. The lowest BCUT2D eigenvalue weighted by Crippen LogP contribution is -2.13. The van der Waals surface area contributed by atoms with Gasteiger partial charge in [0.25, 0.3) is 0 Å². The Balaban J connectivity index is 1.22. The molecule has 0 fully saturated rings. The van der Waals surface area contributed by atoms with Crippen LogP contribution in [0, 0.1) is 13.8 Å². The summed E-state index contributed by atoms with van der Waals surface area (Å²) in [5.41, 5.74) is 8.01. The van der Waals surface area contributed by atoms with Crippen molar-refractivity contribution in [2.45, 2.75) is 13.8 Å². The molecule has 0 aromatic heterocycles. The quantitative estimate of drug-likeness (QED) is 0.122. The molecule has 0 heterocycles. The number of aldehydes is 2. The molecule has 0 saturated heterocycles. The summed E-state index contributed by atoms with van der Waals surface area (Å²) >= 11 is 0. The number of hydrogen-bond donors (Lipinski definition) is 2. The molecule has 0 bridgehead atoms. The first kappa shape index (κ1) is 26.1. The maximum Gasteiger partial charge on any atom is 0.150 e. The Morgan fingerprint density at radius 1 is 0.553 bits per heavy atom. The number of carbonyl (C=O) groups is 2. The molecule has 0 aliphatic rings. The number of aryl methyl sites for hydroxylation is 2. The fourth-order valence-corrected chi connectivity index (χ4v) is 3.66. The number of nitrogens with zero attached hydrogens (tertiary/aromatic N) is 4. The predicted octanol–water partition coefficient (Wildman–Crippen LogP) is 8.28. The normalized spacial score (nSPS) is 11.1. The van der Waals surface area contributed by atoms with Gasteiger partial charge < -0.3 is 10.6 Å². The summed E-state index contributed by atoms with van der Waals surface area (Å²) in [4.78, 5) is 21.7. The second kappa shape index (κ2) is 12.8. The van der Waals surface area contributed by atoms with Crippen molar-refractivity contribution in [1.82, 2.24) is 0 Å². The van der Waals surface area contributed by atoms with E-state index < -0.39 is 0 Å². The van der Waals surface area contributed by atoms with E-state index in [0.717, 1.165) is 70.9 Å². The lowest BCUT2D eigenvalue weighted by atomic mass is 10.1. The van der Waals surface area contributed by atoms with Gasteiger partial charge in [-0.05, 0) is 110 Å². The molecule has 4 rings (SSSR count). The summed E-state index contributed by atoms with van der Waals surface area (Å²) in [5, 5.41) is 23.9. The number of carbonyl (C=O) groups excluding carboxylic acids is 2. The van der Waals surface area contributed by atoms with Gasteiger partial charge in [-0.3, -0.25) is 9.59 Å². The van der Waals surface area contributed by atoms with E-state index in [9.17, 15) is 9.59 Å². The topological polar surface area (TPSA) is 108 Å². The molecule has 4 aromatic rings. The number of rotatable bonds is 11. The number of nitrogens with one attached hydrogen (secondary N) is 2. The van der Waals surface area contributed by atoms with Crippen LogP contribution in [0.15, 0.2) is 105 Å². The minimum atomic E-state index is 0.625. The fourth-order valence-electron chi connectivity index (χ4n) is 3.66. The van der Waals surface area contributed by atoms with Crippen molar-refractivity contribution in [1.29, 1.82) is 0 Å². The van der Waals surface area contributed by atoms with Gasteiger partial charge in [-0.2, -0.15) is 20.5 Å². The summed E-state index contributed by atoms with van der Waals surface area (Å²) in [5.74, 6) is 0. The minimum absolute atomic E-state index is 0.625. The van der Waals surface area contributed by atoms with E-state index in [2.05, 4.69) is 31.1 Å². The zero-order valence-corrected chi connectivity index (χ0v) is 21.3. The third-order valence-electron chi connectivity index (χ3n) is 5.78. The van der Waals surface area contributed by atoms with Crippen molar-refractivity contribution >= 4 is 46.7 Å². The van der Waals surface area contributed by atoms with Gasteiger partial charge in [0.2, 0.25) is 0 Å². The van der Waals surface area contributed by atoms with Crippen LogP contribution in [0.1, 0.15) is 31.8 Å². The van der Waals surface area contributed by atoms with Gasteiger partial charge in [-0.1, -0.05) is 0 Å². The van der Waals surface area contributed by atoms with Crippen LogP contribution in [-0.4, -0.2) is 25.7 Å². The van der Waals surface area contributed by atoms with Crippen LogP contribution in [0.4, 0.5) is 34.1 Å². The molecule has 0 spiro atoms. The zero-order chi connectivity index (χ0) is 26.7. The zero-order valence-electron chi connectivity index (χ0n) is 21.3. The molecule has 0 aliphatic heterocycles. The SMILES string of the molecule is Cc1cc(C=O)ccc1/N=N/c1ccc(NCCNc2ccc(/N=N/c3ccc(C=O)cc3C)cc2)cc1. The smallest absolute Gasteiger partial charge is 0.150 e. The van der Waals surface area contributed by atoms with Crippen molar-refractivity contribution < 1.29 is 9.59 Å². The highest BCUT2D eigenvalue weighted by molar-refractivity contribution is 5.77. The van der Waals surface area contributed by atoms with E-state index >= 15 is 0 Å². The van der Waals surface area contributed by atoms with E-state index in [1.807, 2.05) is 62.4 Å². The van der Waals surface area contributed by atoms with Gasteiger partial charge in [-0.25, -0.2) is 0 Å². The molecule has 0 unspecified atom stereocenters. The standard InChI is InChI=1S/C30H28N6O2/c1-21-17-23(19-37)3-13-29(21)35-33-27-9-5-25(6-10-27)31-15-16-32-26-7-11-28(12-8-26)34-36-30-14-4-24(20-38)18-22(30)2/h3-14,17-20,31-32H,15-16H2,1-2H3/b35-33+,36-34+. The average Bonchev–Trinajstić information content (AvgIpc) is 2.95. The average molecular weight is 505 g/mol. The molecular weight excluding hydrogens is 476 g/mol. The Bertz CT molecular complexity index is 1350. The van der Waals surface area contributed by atoms with E-state index in [-0.39, 0.29) is 0 Å². The van der Waals surface area contributed by atoms with E-state index in [0.29, 0.717) is 11.1 Å². The Morgan fingerprint density at radius 3 is 1.29 bits per heavy atom. The summed E-state index contributed by atoms with van der Waals surface area (Å²) in [6.45, 7) is 5.28. The molecule has 0 amide bonds. The molecule has 0 radical (unpaired) electrons. The lowest BCUT2D eigenvalue weighted by molar-refractivity contribution is 0.111.